The first-order valence-corrected chi connectivity index (χ1v) is 7.39. The molecule has 1 fully saturated rings. The van der Waals surface area contributed by atoms with Gasteiger partial charge < -0.3 is 10.1 Å². The van der Waals surface area contributed by atoms with E-state index < -0.39 is 0 Å². The lowest BCUT2D eigenvalue weighted by Crippen LogP contribution is -2.32. The van der Waals surface area contributed by atoms with Crippen molar-refractivity contribution < 1.29 is 13.9 Å². The number of anilines is 1. The molecule has 5 heteroatoms. The summed E-state index contributed by atoms with van der Waals surface area (Å²) in [4.78, 5) is 12.3. The van der Waals surface area contributed by atoms with E-state index in [1.165, 1.54) is 12.1 Å². The molecule has 1 saturated heterocycles. The number of benzene rings is 1. The van der Waals surface area contributed by atoms with Crippen LogP contribution in [0.1, 0.15) is 20.8 Å². The van der Waals surface area contributed by atoms with E-state index in [1.54, 1.807) is 6.07 Å². The van der Waals surface area contributed by atoms with Gasteiger partial charge in [-0.15, -0.1) is 0 Å². The summed E-state index contributed by atoms with van der Waals surface area (Å²) in [7, 11) is 0. The first-order valence-electron chi connectivity index (χ1n) is 6.31. The molecule has 1 aromatic rings. The van der Waals surface area contributed by atoms with E-state index in [9.17, 15) is 9.18 Å². The van der Waals surface area contributed by atoms with Gasteiger partial charge in [-0.25, -0.2) is 4.39 Å². The minimum Gasteiger partial charge on any atom is -0.374 e. The topological polar surface area (TPSA) is 38.3 Å². The minimum absolute atomic E-state index is 0.0612. The molecule has 0 aromatic heterocycles. The van der Waals surface area contributed by atoms with Crippen molar-refractivity contribution in [3.63, 3.8) is 0 Å². The number of nitrogens with one attached hydrogen (secondary N) is 1. The molecule has 0 saturated carbocycles. The standard InChI is InChI=1S/C14H17FINO2/c1-7-8(2)19-9(3)13(7)14(18)17-12-5-4-10(15)6-11(12)16/h4-9,13H,1-3H3,(H,17,18). The van der Waals surface area contributed by atoms with Crippen molar-refractivity contribution in [3.05, 3.63) is 27.6 Å². The Labute approximate surface area is 126 Å². The predicted molar refractivity (Wildman–Crippen MR) is 80.4 cm³/mol. The van der Waals surface area contributed by atoms with Crippen molar-refractivity contribution in [1.29, 1.82) is 0 Å². The van der Waals surface area contributed by atoms with E-state index in [1.807, 2.05) is 43.4 Å². The van der Waals surface area contributed by atoms with Crippen molar-refractivity contribution >= 4 is 34.2 Å². The summed E-state index contributed by atoms with van der Waals surface area (Å²) in [6.07, 6.45) is -0.0128. The second-order valence-electron chi connectivity index (χ2n) is 5.04. The van der Waals surface area contributed by atoms with Crippen LogP contribution in [0, 0.1) is 21.2 Å². The molecule has 2 rings (SSSR count). The second-order valence-corrected chi connectivity index (χ2v) is 6.21. The molecule has 0 spiro atoms. The number of halogens is 2. The van der Waals surface area contributed by atoms with Gasteiger partial charge in [0.2, 0.25) is 5.91 Å². The highest BCUT2D eigenvalue weighted by molar-refractivity contribution is 14.1. The lowest BCUT2D eigenvalue weighted by Gasteiger charge is -2.18. The SMILES string of the molecule is CC1OC(C)C(C(=O)Nc2ccc(F)cc2I)C1C. The molecule has 104 valence electrons. The maximum Gasteiger partial charge on any atom is 0.230 e. The first kappa shape index (κ1) is 14.7. The van der Waals surface area contributed by atoms with E-state index in [2.05, 4.69) is 5.32 Å². The molecule has 4 unspecified atom stereocenters. The number of rotatable bonds is 2. The van der Waals surface area contributed by atoms with Gasteiger partial charge in [-0.1, -0.05) is 6.92 Å². The zero-order valence-electron chi connectivity index (χ0n) is 11.1. The average Bonchev–Trinajstić information content (AvgIpc) is 2.57. The van der Waals surface area contributed by atoms with E-state index >= 15 is 0 Å². The molecule has 0 bridgehead atoms. The number of carbonyl (C=O) groups excluding carboxylic acids is 1. The van der Waals surface area contributed by atoms with Gasteiger partial charge in [-0.3, -0.25) is 4.79 Å². The maximum absolute atomic E-state index is 13.0. The summed E-state index contributed by atoms with van der Waals surface area (Å²) in [6.45, 7) is 5.92. The normalized spacial score (nSPS) is 30.4. The lowest BCUT2D eigenvalue weighted by atomic mass is 9.89. The lowest BCUT2D eigenvalue weighted by molar-refractivity contribution is -0.121. The zero-order chi connectivity index (χ0) is 14.2. The molecule has 1 amide bonds. The van der Waals surface area contributed by atoms with E-state index in [0.717, 1.165) is 0 Å². The number of hydrogen-bond donors (Lipinski definition) is 1. The fourth-order valence-corrected chi connectivity index (χ4v) is 3.14. The summed E-state index contributed by atoms with van der Waals surface area (Å²) in [5.41, 5.74) is 0.644. The van der Waals surface area contributed by atoms with Crippen LogP contribution < -0.4 is 5.32 Å². The van der Waals surface area contributed by atoms with Crippen molar-refractivity contribution in [1.82, 2.24) is 0 Å². The fourth-order valence-electron chi connectivity index (χ4n) is 2.53. The Morgan fingerprint density at radius 1 is 1.32 bits per heavy atom. The Bertz CT molecular complexity index is 494. The number of ether oxygens (including phenoxy) is 1. The monoisotopic (exact) mass is 377 g/mol. The Balaban J connectivity index is 2.13. The van der Waals surface area contributed by atoms with Crippen molar-refractivity contribution in [3.8, 4) is 0 Å². The van der Waals surface area contributed by atoms with Crippen LogP contribution in [0.15, 0.2) is 18.2 Å². The molecule has 1 aliphatic rings. The molecule has 4 atom stereocenters. The predicted octanol–water partition coefficient (Wildman–Crippen LogP) is 3.43. The highest BCUT2D eigenvalue weighted by atomic mass is 127. The van der Waals surface area contributed by atoms with Gasteiger partial charge in [-0.2, -0.15) is 0 Å². The summed E-state index contributed by atoms with van der Waals surface area (Å²) in [6, 6.07) is 4.33. The molecule has 3 nitrogen and oxygen atoms in total. The maximum atomic E-state index is 13.0. The number of carbonyl (C=O) groups is 1. The van der Waals surface area contributed by atoms with Gasteiger partial charge in [0.05, 0.1) is 23.8 Å². The van der Waals surface area contributed by atoms with Crippen molar-refractivity contribution in [2.45, 2.75) is 33.0 Å². The summed E-state index contributed by atoms with van der Waals surface area (Å²) in [5, 5.41) is 2.87. The van der Waals surface area contributed by atoms with Gasteiger partial charge in [0.1, 0.15) is 5.82 Å². The minimum atomic E-state index is -0.304. The molecule has 19 heavy (non-hydrogen) atoms. The third kappa shape index (κ3) is 3.08. The van der Waals surface area contributed by atoms with Crippen LogP contribution in [-0.2, 0) is 9.53 Å². The van der Waals surface area contributed by atoms with Crippen LogP contribution in [-0.4, -0.2) is 18.1 Å². The Kier molecular flexibility index (Phi) is 4.45. The molecule has 1 N–H and O–H groups in total. The molecule has 0 aliphatic carbocycles. The van der Waals surface area contributed by atoms with Crippen LogP contribution >= 0.6 is 22.6 Å². The average molecular weight is 377 g/mol. The molecular weight excluding hydrogens is 360 g/mol. The highest BCUT2D eigenvalue weighted by Gasteiger charge is 2.41. The van der Waals surface area contributed by atoms with Gasteiger partial charge in [0.15, 0.2) is 0 Å². The van der Waals surface area contributed by atoms with E-state index in [-0.39, 0.29) is 35.8 Å². The van der Waals surface area contributed by atoms with E-state index in [0.29, 0.717) is 9.26 Å². The molecular formula is C14H17FINO2. The van der Waals surface area contributed by atoms with Crippen molar-refractivity contribution in [2.75, 3.05) is 5.32 Å². The Morgan fingerprint density at radius 3 is 2.53 bits per heavy atom. The van der Waals surface area contributed by atoms with Gasteiger partial charge in [0, 0.05) is 3.57 Å². The van der Waals surface area contributed by atoms with Crippen LogP contribution in [0.5, 0.6) is 0 Å². The van der Waals surface area contributed by atoms with Gasteiger partial charge >= 0.3 is 0 Å². The largest absolute Gasteiger partial charge is 0.374 e. The second kappa shape index (κ2) is 5.75. The quantitative estimate of drug-likeness (QED) is 0.803. The zero-order valence-corrected chi connectivity index (χ0v) is 13.3. The molecule has 1 aromatic carbocycles. The number of hydrogen-bond acceptors (Lipinski definition) is 2. The molecule has 0 radical (unpaired) electrons. The first-order chi connectivity index (χ1) is 8.90. The third-order valence-corrected chi connectivity index (χ3v) is 4.63. The Morgan fingerprint density at radius 2 is 2.00 bits per heavy atom. The van der Waals surface area contributed by atoms with E-state index in [4.69, 9.17) is 4.74 Å². The molecule has 1 aliphatic heterocycles. The summed E-state index contributed by atoms with van der Waals surface area (Å²) in [5.74, 6) is -0.361. The van der Waals surface area contributed by atoms with Crippen LogP contribution in [0.4, 0.5) is 10.1 Å². The fraction of sp³-hybridized carbons (Fsp3) is 0.500. The smallest absolute Gasteiger partial charge is 0.230 e. The number of amides is 1. The van der Waals surface area contributed by atoms with Gasteiger partial charge in [0.25, 0.3) is 0 Å². The Hall–Kier alpha value is -0.690. The summed E-state index contributed by atoms with van der Waals surface area (Å²) >= 11 is 2.01. The van der Waals surface area contributed by atoms with Crippen molar-refractivity contribution in [2.24, 2.45) is 11.8 Å². The van der Waals surface area contributed by atoms with Gasteiger partial charge in [-0.05, 0) is 60.6 Å². The highest BCUT2D eigenvalue weighted by Crippen LogP contribution is 2.33. The van der Waals surface area contributed by atoms with Crippen LogP contribution in [0.25, 0.3) is 0 Å². The third-order valence-electron chi connectivity index (χ3n) is 3.73. The summed E-state index contributed by atoms with van der Waals surface area (Å²) < 4.78 is 19.4. The molecule has 1 heterocycles. The van der Waals surface area contributed by atoms with Crippen LogP contribution in [0.2, 0.25) is 0 Å². The van der Waals surface area contributed by atoms with Crippen LogP contribution in [0.3, 0.4) is 0 Å².